The Bertz CT molecular complexity index is 793. The van der Waals surface area contributed by atoms with Crippen LogP contribution in [0, 0.1) is 17.2 Å². The van der Waals surface area contributed by atoms with Gasteiger partial charge in [-0.05, 0) is 55.5 Å². The summed E-state index contributed by atoms with van der Waals surface area (Å²) in [5, 5.41) is 2.97. The minimum atomic E-state index is -4.60. The number of likely N-dealkylation sites (tertiary alicyclic amines) is 1. The molecule has 180 valence electrons. The van der Waals surface area contributed by atoms with Crippen LogP contribution in [0.3, 0.4) is 0 Å². The molecule has 1 fully saturated rings. The molecule has 32 heavy (non-hydrogen) atoms. The van der Waals surface area contributed by atoms with Gasteiger partial charge < -0.3 is 15.1 Å². The number of amides is 1. The summed E-state index contributed by atoms with van der Waals surface area (Å²) in [7, 11) is 1.78. The quantitative estimate of drug-likeness (QED) is 0.558. The van der Waals surface area contributed by atoms with E-state index in [4.69, 9.17) is 0 Å². The average Bonchev–Trinajstić information content (AvgIpc) is 2.66. The van der Waals surface area contributed by atoms with Gasteiger partial charge in [-0.1, -0.05) is 27.4 Å². The van der Waals surface area contributed by atoms with E-state index in [0.717, 1.165) is 44.6 Å². The first-order valence-corrected chi connectivity index (χ1v) is 11.0. The smallest absolute Gasteiger partial charge is 0.374 e. The Kier molecular flexibility index (Phi) is 8.74. The van der Waals surface area contributed by atoms with Crippen LogP contribution in [0.1, 0.15) is 51.2 Å². The fraction of sp³-hybridized carbons (Fsp3) is 0.625. The second-order valence-electron chi connectivity index (χ2n) is 9.93. The first-order valence-electron chi connectivity index (χ1n) is 11.0. The van der Waals surface area contributed by atoms with Crippen LogP contribution >= 0.6 is 0 Å². The molecule has 1 aromatic rings. The van der Waals surface area contributed by atoms with Crippen molar-refractivity contribution < 1.29 is 22.4 Å². The van der Waals surface area contributed by atoms with Gasteiger partial charge in [-0.15, -0.1) is 0 Å². The molecule has 0 radical (unpaired) electrons. The molecule has 8 heteroatoms. The molecule has 1 heterocycles. The molecule has 1 N–H and O–H groups in total. The van der Waals surface area contributed by atoms with E-state index in [2.05, 4.69) is 16.8 Å². The van der Waals surface area contributed by atoms with Crippen LogP contribution in [-0.4, -0.2) is 55.5 Å². The Labute approximate surface area is 188 Å². The maximum atomic E-state index is 13.7. The van der Waals surface area contributed by atoms with Gasteiger partial charge in [0.15, 0.2) is 0 Å². The minimum Gasteiger partial charge on any atom is -0.374 e. The molecule has 0 aromatic heterocycles. The predicted molar refractivity (Wildman–Crippen MR) is 119 cm³/mol. The van der Waals surface area contributed by atoms with Gasteiger partial charge in [-0.25, -0.2) is 4.39 Å². The molecule has 4 nitrogen and oxygen atoms in total. The SMILES string of the molecule is C=C(c1cc(F)cc(C(F)(F)F)c1)N(C)CC1CCN(CCNC(=O)CC(C)(C)C)CC1. The van der Waals surface area contributed by atoms with Crippen molar-refractivity contribution in [3.05, 3.63) is 41.7 Å². The molecule has 1 aliphatic heterocycles. The topological polar surface area (TPSA) is 35.6 Å². The Balaban J connectivity index is 1.79. The van der Waals surface area contributed by atoms with E-state index >= 15 is 0 Å². The summed E-state index contributed by atoms with van der Waals surface area (Å²) < 4.78 is 52.7. The van der Waals surface area contributed by atoms with Gasteiger partial charge in [0.2, 0.25) is 5.91 Å². The number of hydrogen-bond donors (Lipinski definition) is 1. The summed E-state index contributed by atoms with van der Waals surface area (Å²) in [5.41, 5.74) is -0.523. The second-order valence-corrected chi connectivity index (χ2v) is 9.93. The van der Waals surface area contributed by atoms with Gasteiger partial charge in [0, 0.05) is 44.4 Å². The normalized spacial score (nSPS) is 16.1. The van der Waals surface area contributed by atoms with Crippen LogP contribution in [0.5, 0.6) is 0 Å². The molecule has 2 rings (SSSR count). The van der Waals surface area contributed by atoms with Crippen molar-refractivity contribution in [3.63, 3.8) is 0 Å². The highest BCUT2D eigenvalue weighted by atomic mass is 19.4. The number of rotatable bonds is 8. The Morgan fingerprint density at radius 1 is 1.19 bits per heavy atom. The Morgan fingerprint density at radius 2 is 1.81 bits per heavy atom. The number of nitrogens with zero attached hydrogens (tertiary/aromatic N) is 2. The van der Waals surface area contributed by atoms with Gasteiger partial charge in [-0.3, -0.25) is 4.79 Å². The third-order valence-corrected chi connectivity index (χ3v) is 5.70. The summed E-state index contributed by atoms with van der Waals surface area (Å²) in [6.07, 6.45) is -2.20. The summed E-state index contributed by atoms with van der Waals surface area (Å²) in [4.78, 5) is 16.0. The van der Waals surface area contributed by atoms with Gasteiger partial charge >= 0.3 is 6.18 Å². The average molecular weight is 458 g/mol. The highest BCUT2D eigenvalue weighted by Crippen LogP contribution is 2.32. The number of halogens is 4. The molecular formula is C24H35F4N3O. The lowest BCUT2D eigenvalue weighted by Crippen LogP contribution is -2.41. The second kappa shape index (κ2) is 10.7. The number of hydrogen-bond acceptors (Lipinski definition) is 3. The minimum absolute atomic E-state index is 0.0295. The molecule has 0 aliphatic carbocycles. The lowest BCUT2D eigenvalue weighted by atomic mass is 9.92. The number of carbonyl (C=O) groups excluding carboxylic acids is 1. The van der Waals surface area contributed by atoms with Crippen molar-refractivity contribution in [2.24, 2.45) is 11.3 Å². The van der Waals surface area contributed by atoms with Gasteiger partial charge in [0.05, 0.1) is 5.56 Å². The highest BCUT2D eigenvalue weighted by Gasteiger charge is 2.32. The summed E-state index contributed by atoms with van der Waals surface area (Å²) >= 11 is 0. The molecule has 0 atom stereocenters. The first-order chi connectivity index (χ1) is 14.7. The Morgan fingerprint density at radius 3 is 2.38 bits per heavy atom. The zero-order valence-electron chi connectivity index (χ0n) is 19.5. The molecule has 0 saturated carbocycles. The van der Waals surface area contributed by atoms with Gasteiger partial charge in [0.25, 0.3) is 0 Å². The van der Waals surface area contributed by atoms with Crippen LogP contribution in [0.2, 0.25) is 0 Å². The van der Waals surface area contributed by atoms with E-state index in [-0.39, 0.29) is 16.9 Å². The monoisotopic (exact) mass is 457 g/mol. The van der Waals surface area contributed by atoms with E-state index < -0.39 is 17.6 Å². The third kappa shape index (κ3) is 8.45. The van der Waals surface area contributed by atoms with Crippen LogP contribution in [0.15, 0.2) is 24.8 Å². The van der Waals surface area contributed by atoms with Crippen molar-refractivity contribution in [1.82, 2.24) is 15.1 Å². The van der Waals surface area contributed by atoms with Crippen molar-refractivity contribution in [1.29, 1.82) is 0 Å². The summed E-state index contributed by atoms with van der Waals surface area (Å²) in [6.45, 7) is 13.9. The van der Waals surface area contributed by atoms with E-state index in [1.165, 1.54) is 0 Å². The molecule has 1 aliphatic rings. The molecule has 1 amide bonds. The van der Waals surface area contributed by atoms with Crippen LogP contribution < -0.4 is 5.32 Å². The Hall–Kier alpha value is -2.09. The van der Waals surface area contributed by atoms with Crippen molar-refractivity contribution >= 4 is 11.6 Å². The largest absolute Gasteiger partial charge is 0.416 e. The highest BCUT2D eigenvalue weighted by molar-refractivity contribution is 5.76. The zero-order valence-corrected chi connectivity index (χ0v) is 19.5. The number of alkyl halides is 3. The number of nitrogens with one attached hydrogen (secondary N) is 1. The number of piperidine rings is 1. The van der Waals surface area contributed by atoms with Gasteiger partial charge in [-0.2, -0.15) is 13.2 Å². The van der Waals surface area contributed by atoms with Crippen molar-refractivity contribution in [2.75, 3.05) is 39.8 Å². The van der Waals surface area contributed by atoms with E-state index in [1.54, 1.807) is 7.05 Å². The van der Waals surface area contributed by atoms with E-state index in [0.29, 0.717) is 37.2 Å². The zero-order chi connectivity index (χ0) is 24.1. The first kappa shape index (κ1) is 26.2. The molecule has 1 saturated heterocycles. The fourth-order valence-electron chi connectivity index (χ4n) is 3.93. The molecule has 1 aromatic carbocycles. The number of carbonyl (C=O) groups is 1. The lowest BCUT2D eigenvalue weighted by molar-refractivity contribution is -0.137. The molecule has 0 bridgehead atoms. The maximum Gasteiger partial charge on any atom is 0.416 e. The summed E-state index contributed by atoms with van der Waals surface area (Å²) in [6, 6.07) is 2.53. The molecular weight excluding hydrogens is 422 g/mol. The standard InChI is InChI=1S/C24H35F4N3O/c1-17(19-12-20(24(26,27)28)14-21(25)13-19)30(5)16-18-6-9-31(10-7-18)11-8-29-22(32)15-23(2,3)4/h12-14,18H,1,6-11,15-16H2,2-5H3,(H,29,32). The van der Waals surface area contributed by atoms with Gasteiger partial charge in [0.1, 0.15) is 5.82 Å². The van der Waals surface area contributed by atoms with Crippen LogP contribution in [0.4, 0.5) is 17.6 Å². The third-order valence-electron chi connectivity index (χ3n) is 5.70. The van der Waals surface area contributed by atoms with Crippen LogP contribution in [0.25, 0.3) is 5.70 Å². The van der Waals surface area contributed by atoms with Crippen molar-refractivity contribution in [2.45, 2.75) is 46.2 Å². The maximum absolute atomic E-state index is 13.7. The fourth-order valence-corrected chi connectivity index (χ4v) is 3.93. The van der Waals surface area contributed by atoms with E-state index in [1.807, 2.05) is 25.7 Å². The molecule has 0 unspecified atom stereocenters. The molecule has 0 spiro atoms. The lowest BCUT2D eigenvalue weighted by Gasteiger charge is -2.35. The van der Waals surface area contributed by atoms with Crippen molar-refractivity contribution in [3.8, 4) is 0 Å². The predicted octanol–water partition coefficient (Wildman–Crippen LogP) is 5.01. The van der Waals surface area contributed by atoms with Crippen LogP contribution in [-0.2, 0) is 11.0 Å². The van der Waals surface area contributed by atoms with E-state index in [9.17, 15) is 22.4 Å². The summed E-state index contributed by atoms with van der Waals surface area (Å²) in [5.74, 6) is -0.482. The number of benzene rings is 1.